The smallest absolute Gasteiger partial charge is 0.319 e. The van der Waals surface area contributed by atoms with Crippen molar-refractivity contribution in [1.29, 1.82) is 0 Å². The molecule has 2 heterocycles. The second-order valence-corrected chi connectivity index (χ2v) is 9.21. The summed E-state index contributed by atoms with van der Waals surface area (Å²) in [7, 11) is 0. The molecule has 0 unspecified atom stereocenters. The van der Waals surface area contributed by atoms with Crippen LogP contribution in [0.1, 0.15) is 28.8 Å². The topological polar surface area (TPSA) is 70.7 Å². The van der Waals surface area contributed by atoms with Gasteiger partial charge in [0.25, 0.3) is 5.91 Å². The molecular weight excluding hydrogens is 434 g/mol. The molecule has 168 valence electrons. The second kappa shape index (κ2) is 9.68. The third-order valence-electron chi connectivity index (χ3n) is 5.79. The quantitative estimate of drug-likeness (QED) is 0.543. The van der Waals surface area contributed by atoms with Crippen molar-refractivity contribution >= 4 is 35.1 Å². The lowest BCUT2D eigenvalue weighted by Crippen LogP contribution is -2.35. The van der Waals surface area contributed by atoms with Crippen LogP contribution in [0.15, 0.2) is 82.6 Å². The minimum absolute atomic E-state index is 0.0549. The van der Waals surface area contributed by atoms with Crippen LogP contribution in [0, 0.1) is 0 Å². The van der Waals surface area contributed by atoms with Gasteiger partial charge in [0.1, 0.15) is 0 Å². The van der Waals surface area contributed by atoms with Crippen molar-refractivity contribution in [3.63, 3.8) is 0 Å². The fourth-order valence-electron chi connectivity index (χ4n) is 4.11. The maximum Gasteiger partial charge on any atom is 0.319 e. The molecular formula is C26H25N3O3S. The van der Waals surface area contributed by atoms with Gasteiger partial charge in [-0.05, 0) is 48.7 Å². The minimum atomic E-state index is -0.282. The highest BCUT2D eigenvalue weighted by Crippen LogP contribution is 2.43. The molecule has 7 heteroatoms. The molecule has 2 aliphatic heterocycles. The molecule has 33 heavy (non-hydrogen) atoms. The van der Waals surface area contributed by atoms with Gasteiger partial charge in [-0.1, -0.05) is 54.2 Å². The summed E-state index contributed by atoms with van der Waals surface area (Å²) in [5, 5.41) is 5.78. The van der Waals surface area contributed by atoms with Crippen LogP contribution < -0.4 is 15.5 Å². The maximum absolute atomic E-state index is 13.6. The number of urea groups is 1. The lowest BCUT2D eigenvalue weighted by Gasteiger charge is -2.24. The first kappa shape index (κ1) is 21.6. The number of rotatable bonds is 5. The Morgan fingerprint density at radius 2 is 1.85 bits per heavy atom. The van der Waals surface area contributed by atoms with Gasteiger partial charge in [-0.25, -0.2) is 4.79 Å². The van der Waals surface area contributed by atoms with Gasteiger partial charge in [-0.3, -0.25) is 4.79 Å². The number of hydrogen-bond donors (Lipinski definition) is 2. The van der Waals surface area contributed by atoms with E-state index in [1.54, 1.807) is 16.7 Å². The normalized spacial score (nSPS) is 17.2. The number of carbonyl (C=O) groups is 2. The van der Waals surface area contributed by atoms with E-state index in [1.165, 1.54) is 0 Å². The van der Waals surface area contributed by atoms with E-state index in [2.05, 4.69) is 10.6 Å². The Balaban J connectivity index is 1.42. The summed E-state index contributed by atoms with van der Waals surface area (Å²) >= 11 is 1.57. The zero-order valence-corrected chi connectivity index (χ0v) is 18.9. The van der Waals surface area contributed by atoms with Crippen LogP contribution in [0.5, 0.6) is 0 Å². The van der Waals surface area contributed by atoms with Crippen LogP contribution in [0.2, 0.25) is 0 Å². The zero-order chi connectivity index (χ0) is 22.6. The van der Waals surface area contributed by atoms with E-state index in [0.29, 0.717) is 24.3 Å². The summed E-state index contributed by atoms with van der Waals surface area (Å²) in [6.45, 7) is 1.68. The van der Waals surface area contributed by atoms with Gasteiger partial charge in [0.05, 0.1) is 23.9 Å². The standard InChI is InChI=1S/C26H25N3O3S/c30-25-21-10-4-5-11-23(21)33-24-13-12-19(28-26(31)27-16-20-9-6-14-32-20)15-22(24)29(25)17-18-7-2-1-3-8-18/h1-5,7-8,10-13,15,20H,6,9,14,16-17H2,(H2,27,28,31)/t20-/m0/s1. The molecule has 3 amide bonds. The molecule has 0 aliphatic carbocycles. The van der Waals surface area contributed by atoms with Crippen LogP contribution in [0.3, 0.4) is 0 Å². The number of fused-ring (bicyclic) bond motifs is 2. The fourth-order valence-corrected chi connectivity index (χ4v) is 5.17. The van der Waals surface area contributed by atoms with E-state index in [0.717, 1.165) is 40.5 Å². The number of nitrogens with one attached hydrogen (secondary N) is 2. The van der Waals surface area contributed by atoms with Crippen molar-refractivity contribution in [2.75, 3.05) is 23.4 Å². The molecule has 1 fully saturated rings. The summed E-state index contributed by atoms with van der Waals surface area (Å²) in [5.74, 6) is -0.0549. The number of amides is 3. The van der Waals surface area contributed by atoms with Gasteiger partial charge < -0.3 is 20.3 Å². The lowest BCUT2D eigenvalue weighted by atomic mass is 10.1. The van der Waals surface area contributed by atoms with E-state index in [-0.39, 0.29) is 18.0 Å². The van der Waals surface area contributed by atoms with Gasteiger partial charge in [-0.15, -0.1) is 0 Å². The van der Waals surface area contributed by atoms with E-state index in [1.807, 2.05) is 72.8 Å². The predicted octanol–water partition coefficient (Wildman–Crippen LogP) is 5.30. The molecule has 2 aliphatic rings. The van der Waals surface area contributed by atoms with Crippen molar-refractivity contribution in [2.45, 2.75) is 35.3 Å². The summed E-state index contributed by atoms with van der Waals surface area (Å²) in [6, 6.07) is 23.0. The van der Waals surface area contributed by atoms with E-state index < -0.39 is 0 Å². The van der Waals surface area contributed by atoms with E-state index in [9.17, 15) is 9.59 Å². The molecule has 3 aromatic carbocycles. The van der Waals surface area contributed by atoms with Crippen LogP contribution in [-0.2, 0) is 11.3 Å². The number of ether oxygens (including phenoxy) is 1. The highest BCUT2D eigenvalue weighted by Gasteiger charge is 2.28. The predicted molar refractivity (Wildman–Crippen MR) is 130 cm³/mol. The molecule has 2 N–H and O–H groups in total. The van der Waals surface area contributed by atoms with Crippen molar-refractivity contribution in [2.24, 2.45) is 0 Å². The minimum Gasteiger partial charge on any atom is -0.376 e. The van der Waals surface area contributed by atoms with Gasteiger partial charge in [0.2, 0.25) is 0 Å². The SMILES string of the molecule is O=C(NC[C@@H]1CCCO1)Nc1ccc2c(c1)N(Cc1ccccc1)C(=O)c1ccccc1S2. The lowest BCUT2D eigenvalue weighted by molar-refractivity contribution is 0.0982. The van der Waals surface area contributed by atoms with Crippen molar-refractivity contribution in [3.8, 4) is 0 Å². The molecule has 3 aromatic rings. The van der Waals surface area contributed by atoms with Crippen LogP contribution >= 0.6 is 11.8 Å². The molecule has 1 atom stereocenters. The summed E-state index contributed by atoms with van der Waals surface area (Å²) in [4.78, 5) is 29.7. The number of anilines is 2. The Hall–Kier alpha value is -3.29. The fraction of sp³-hybridized carbons (Fsp3) is 0.231. The van der Waals surface area contributed by atoms with Crippen LogP contribution in [-0.4, -0.2) is 31.2 Å². The number of carbonyl (C=O) groups excluding carboxylic acids is 2. The van der Waals surface area contributed by atoms with Gasteiger partial charge in [0, 0.05) is 28.6 Å². The maximum atomic E-state index is 13.6. The second-order valence-electron chi connectivity index (χ2n) is 8.13. The first-order chi connectivity index (χ1) is 16.2. The van der Waals surface area contributed by atoms with E-state index in [4.69, 9.17) is 4.74 Å². The molecule has 5 rings (SSSR count). The largest absolute Gasteiger partial charge is 0.376 e. The molecule has 6 nitrogen and oxygen atoms in total. The Bertz CT molecular complexity index is 1160. The Morgan fingerprint density at radius 1 is 1.03 bits per heavy atom. The van der Waals surface area contributed by atoms with Crippen LogP contribution in [0.25, 0.3) is 0 Å². The number of benzene rings is 3. The highest BCUT2D eigenvalue weighted by atomic mass is 32.2. The average Bonchev–Trinajstić information content (AvgIpc) is 3.33. The molecule has 0 radical (unpaired) electrons. The number of hydrogen-bond acceptors (Lipinski definition) is 4. The van der Waals surface area contributed by atoms with Gasteiger partial charge in [0.15, 0.2) is 0 Å². The first-order valence-electron chi connectivity index (χ1n) is 11.1. The third kappa shape index (κ3) is 4.89. The zero-order valence-electron chi connectivity index (χ0n) is 18.1. The number of nitrogens with zero attached hydrogens (tertiary/aromatic N) is 1. The first-order valence-corrected chi connectivity index (χ1v) is 11.9. The summed E-state index contributed by atoms with van der Waals surface area (Å²) < 4.78 is 5.57. The Kier molecular flexibility index (Phi) is 6.32. The molecule has 1 saturated heterocycles. The summed E-state index contributed by atoms with van der Waals surface area (Å²) in [6.07, 6.45) is 2.08. The molecule has 0 bridgehead atoms. The Morgan fingerprint density at radius 3 is 2.67 bits per heavy atom. The monoisotopic (exact) mass is 459 g/mol. The third-order valence-corrected chi connectivity index (χ3v) is 6.93. The highest BCUT2D eigenvalue weighted by molar-refractivity contribution is 7.99. The van der Waals surface area contributed by atoms with Gasteiger partial charge in [-0.2, -0.15) is 0 Å². The van der Waals surface area contributed by atoms with Crippen molar-refractivity contribution < 1.29 is 14.3 Å². The van der Waals surface area contributed by atoms with Crippen molar-refractivity contribution in [1.82, 2.24) is 5.32 Å². The van der Waals surface area contributed by atoms with E-state index >= 15 is 0 Å². The van der Waals surface area contributed by atoms with Crippen molar-refractivity contribution in [3.05, 3.63) is 83.9 Å². The molecule has 0 aromatic heterocycles. The summed E-state index contributed by atoms with van der Waals surface area (Å²) in [5.41, 5.74) is 3.13. The molecule has 0 spiro atoms. The molecule has 0 saturated carbocycles. The Labute approximate surface area is 197 Å². The average molecular weight is 460 g/mol. The van der Waals surface area contributed by atoms with Gasteiger partial charge >= 0.3 is 6.03 Å². The van der Waals surface area contributed by atoms with Crippen LogP contribution in [0.4, 0.5) is 16.2 Å².